The van der Waals surface area contributed by atoms with Crippen LogP contribution in [0, 0.1) is 5.92 Å². The van der Waals surface area contributed by atoms with Gasteiger partial charge in [0.2, 0.25) is 5.91 Å². The van der Waals surface area contributed by atoms with E-state index in [9.17, 15) is 9.59 Å². The Morgan fingerprint density at radius 3 is 3.05 bits per heavy atom. The Balaban J connectivity index is 1.90. The molecule has 6 heteroatoms. The second-order valence-corrected chi connectivity index (χ2v) is 5.97. The maximum absolute atomic E-state index is 12.0. The van der Waals surface area contributed by atoms with Crippen LogP contribution in [0.15, 0.2) is 11.4 Å². The van der Waals surface area contributed by atoms with Crippen LogP contribution < -0.4 is 11.1 Å². The molecule has 1 atom stereocenters. The Hall–Kier alpha value is -1.40. The first-order valence-corrected chi connectivity index (χ1v) is 7.33. The number of nitrogens with zero attached hydrogens (tertiary/aromatic N) is 1. The lowest BCUT2D eigenvalue weighted by Crippen LogP contribution is -2.39. The number of piperidine rings is 1. The fourth-order valence-corrected chi connectivity index (χ4v) is 3.21. The van der Waals surface area contributed by atoms with Crippen LogP contribution >= 0.6 is 11.3 Å². The van der Waals surface area contributed by atoms with Crippen molar-refractivity contribution in [3.63, 3.8) is 0 Å². The molecule has 0 aromatic carbocycles. The van der Waals surface area contributed by atoms with Gasteiger partial charge in [0.15, 0.2) is 0 Å². The predicted molar refractivity (Wildman–Crippen MR) is 76.3 cm³/mol. The molecule has 2 rings (SSSR count). The van der Waals surface area contributed by atoms with E-state index in [4.69, 9.17) is 5.73 Å². The summed E-state index contributed by atoms with van der Waals surface area (Å²) in [5.74, 6) is 0.0478. The van der Waals surface area contributed by atoms with Crippen LogP contribution in [-0.4, -0.2) is 36.3 Å². The standard InChI is InChI=1S/C13H19N3O2S/c1-9-3-2-5-16(7-9)8-11(17)15-13-10(12(14)18)4-6-19-13/h4,6,9H,2-3,5,7-8H2,1H3,(H2,14,18)(H,15,17)/t9-/m1/s1. The van der Waals surface area contributed by atoms with Gasteiger partial charge in [0.1, 0.15) is 5.00 Å². The molecule has 0 bridgehead atoms. The SMILES string of the molecule is C[C@@H]1CCCN(CC(=O)Nc2sccc2C(N)=O)C1. The van der Waals surface area contributed by atoms with E-state index >= 15 is 0 Å². The highest BCUT2D eigenvalue weighted by molar-refractivity contribution is 7.14. The molecular weight excluding hydrogens is 262 g/mol. The molecule has 1 saturated heterocycles. The summed E-state index contributed by atoms with van der Waals surface area (Å²) in [6, 6.07) is 1.63. The number of carbonyl (C=O) groups is 2. The Bertz CT molecular complexity index is 472. The minimum atomic E-state index is -0.511. The van der Waals surface area contributed by atoms with Gasteiger partial charge < -0.3 is 11.1 Å². The molecule has 19 heavy (non-hydrogen) atoms. The van der Waals surface area contributed by atoms with E-state index in [-0.39, 0.29) is 5.91 Å². The zero-order valence-corrected chi connectivity index (χ0v) is 11.8. The third-order valence-electron chi connectivity index (χ3n) is 3.29. The van der Waals surface area contributed by atoms with Crippen LogP contribution in [0.1, 0.15) is 30.1 Å². The van der Waals surface area contributed by atoms with Crippen molar-refractivity contribution in [3.8, 4) is 0 Å². The molecule has 0 aliphatic carbocycles. The van der Waals surface area contributed by atoms with E-state index in [1.807, 2.05) is 0 Å². The minimum absolute atomic E-state index is 0.0842. The van der Waals surface area contributed by atoms with Gasteiger partial charge >= 0.3 is 0 Å². The van der Waals surface area contributed by atoms with E-state index in [0.717, 1.165) is 19.5 Å². The number of anilines is 1. The van der Waals surface area contributed by atoms with Gasteiger partial charge in [-0.2, -0.15) is 0 Å². The molecule has 2 heterocycles. The summed E-state index contributed by atoms with van der Waals surface area (Å²) in [6.45, 7) is 4.50. The number of carbonyl (C=O) groups excluding carboxylic acids is 2. The van der Waals surface area contributed by atoms with E-state index in [0.29, 0.717) is 23.0 Å². The largest absolute Gasteiger partial charge is 0.366 e. The smallest absolute Gasteiger partial charge is 0.251 e. The topological polar surface area (TPSA) is 75.4 Å². The molecule has 104 valence electrons. The third-order valence-corrected chi connectivity index (χ3v) is 4.12. The first-order chi connectivity index (χ1) is 9.06. The average molecular weight is 281 g/mol. The van der Waals surface area contributed by atoms with E-state index in [1.165, 1.54) is 17.8 Å². The Kier molecular flexibility index (Phi) is 4.55. The van der Waals surface area contributed by atoms with E-state index in [1.54, 1.807) is 11.4 Å². The minimum Gasteiger partial charge on any atom is -0.366 e. The van der Waals surface area contributed by atoms with Gasteiger partial charge in [0, 0.05) is 6.54 Å². The van der Waals surface area contributed by atoms with Crippen molar-refractivity contribution in [2.45, 2.75) is 19.8 Å². The Morgan fingerprint density at radius 1 is 1.58 bits per heavy atom. The fourth-order valence-electron chi connectivity index (χ4n) is 2.40. The van der Waals surface area contributed by atoms with Gasteiger partial charge in [0.05, 0.1) is 12.1 Å². The van der Waals surface area contributed by atoms with Crippen LogP contribution in [0.3, 0.4) is 0 Å². The monoisotopic (exact) mass is 281 g/mol. The fraction of sp³-hybridized carbons (Fsp3) is 0.538. The summed E-state index contributed by atoms with van der Waals surface area (Å²) in [5, 5.41) is 5.06. The van der Waals surface area contributed by atoms with Crippen molar-refractivity contribution in [2.75, 3.05) is 25.0 Å². The summed E-state index contributed by atoms with van der Waals surface area (Å²) in [7, 11) is 0. The summed E-state index contributed by atoms with van der Waals surface area (Å²) < 4.78 is 0. The van der Waals surface area contributed by atoms with Gasteiger partial charge in [0.25, 0.3) is 5.91 Å². The molecule has 1 aliphatic rings. The predicted octanol–water partition coefficient (Wildman–Crippen LogP) is 1.52. The normalized spacial score (nSPS) is 20.2. The average Bonchev–Trinajstić information content (AvgIpc) is 2.76. The summed E-state index contributed by atoms with van der Waals surface area (Å²) in [6.07, 6.45) is 2.37. The van der Waals surface area contributed by atoms with Crippen LogP contribution in [0.2, 0.25) is 0 Å². The van der Waals surface area contributed by atoms with Crippen molar-refractivity contribution in [1.82, 2.24) is 4.90 Å². The number of nitrogens with one attached hydrogen (secondary N) is 1. The highest BCUT2D eigenvalue weighted by Crippen LogP contribution is 2.22. The van der Waals surface area contributed by atoms with Gasteiger partial charge in [-0.25, -0.2) is 0 Å². The van der Waals surface area contributed by atoms with Crippen molar-refractivity contribution in [2.24, 2.45) is 11.7 Å². The lowest BCUT2D eigenvalue weighted by molar-refractivity contribution is -0.117. The highest BCUT2D eigenvalue weighted by atomic mass is 32.1. The molecular formula is C13H19N3O2S. The number of amides is 2. The van der Waals surface area contributed by atoms with Crippen molar-refractivity contribution in [3.05, 3.63) is 17.0 Å². The lowest BCUT2D eigenvalue weighted by Gasteiger charge is -2.30. The number of likely N-dealkylation sites (tertiary alicyclic amines) is 1. The van der Waals surface area contributed by atoms with Crippen LogP contribution in [-0.2, 0) is 4.79 Å². The molecule has 1 aliphatic heterocycles. The number of primary amides is 1. The number of rotatable bonds is 4. The number of nitrogens with two attached hydrogens (primary N) is 1. The van der Waals surface area contributed by atoms with E-state index in [2.05, 4.69) is 17.1 Å². The molecule has 0 radical (unpaired) electrons. The zero-order valence-electron chi connectivity index (χ0n) is 11.0. The second kappa shape index (κ2) is 6.16. The first kappa shape index (κ1) is 14.0. The number of hydrogen-bond donors (Lipinski definition) is 2. The summed E-state index contributed by atoms with van der Waals surface area (Å²) in [5.41, 5.74) is 5.62. The molecule has 0 saturated carbocycles. The van der Waals surface area contributed by atoms with Crippen molar-refractivity contribution < 1.29 is 9.59 Å². The molecule has 3 N–H and O–H groups in total. The summed E-state index contributed by atoms with van der Waals surface area (Å²) in [4.78, 5) is 25.3. The Labute approximate surface area is 116 Å². The highest BCUT2D eigenvalue weighted by Gasteiger charge is 2.19. The molecule has 0 spiro atoms. The third kappa shape index (κ3) is 3.78. The molecule has 1 fully saturated rings. The first-order valence-electron chi connectivity index (χ1n) is 6.45. The van der Waals surface area contributed by atoms with Gasteiger partial charge in [-0.15, -0.1) is 11.3 Å². The van der Waals surface area contributed by atoms with Gasteiger partial charge in [-0.1, -0.05) is 6.92 Å². The Morgan fingerprint density at radius 2 is 2.37 bits per heavy atom. The van der Waals surface area contributed by atoms with Gasteiger partial charge in [-0.05, 0) is 36.8 Å². The van der Waals surface area contributed by atoms with Crippen LogP contribution in [0.5, 0.6) is 0 Å². The molecule has 0 unspecified atom stereocenters. The molecule has 1 aromatic rings. The zero-order chi connectivity index (χ0) is 13.8. The maximum atomic E-state index is 12.0. The molecule has 1 aromatic heterocycles. The van der Waals surface area contributed by atoms with Gasteiger partial charge in [-0.3, -0.25) is 14.5 Å². The second-order valence-electron chi connectivity index (χ2n) is 5.06. The van der Waals surface area contributed by atoms with E-state index < -0.39 is 5.91 Å². The van der Waals surface area contributed by atoms with Crippen molar-refractivity contribution in [1.29, 1.82) is 0 Å². The number of hydrogen-bond acceptors (Lipinski definition) is 4. The molecule has 2 amide bonds. The van der Waals surface area contributed by atoms with Crippen LogP contribution in [0.4, 0.5) is 5.00 Å². The maximum Gasteiger partial charge on any atom is 0.251 e. The molecule has 5 nitrogen and oxygen atoms in total. The lowest BCUT2D eigenvalue weighted by atomic mass is 10.0. The quantitative estimate of drug-likeness (QED) is 0.878. The van der Waals surface area contributed by atoms with Crippen LogP contribution in [0.25, 0.3) is 0 Å². The summed E-state index contributed by atoms with van der Waals surface area (Å²) >= 11 is 1.32. The van der Waals surface area contributed by atoms with Crippen molar-refractivity contribution >= 4 is 28.2 Å². The number of thiophene rings is 1.